The van der Waals surface area contributed by atoms with Gasteiger partial charge in [0.15, 0.2) is 22.8 Å². The molecule has 3 aromatic rings. The molecule has 0 saturated carbocycles. The van der Waals surface area contributed by atoms with Crippen molar-refractivity contribution in [2.24, 2.45) is 0 Å². The molecule has 6 rings (SSSR count). The average molecular weight is 408 g/mol. The zero-order chi connectivity index (χ0) is 22.0. The van der Waals surface area contributed by atoms with Gasteiger partial charge in [0.05, 0.1) is 22.8 Å². The van der Waals surface area contributed by atoms with Gasteiger partial charge in [0.1, 0.15) is 24.3 Å². The minimum Gasteiger partial charge on any atom is -0.236 e. The van der Waals surface area contributed by atoms with Crippen LogP contribution in [0.25, 0.3) is 28.1 Å². The van der Waals surface area contributed by atoms with Crippen molar-refractivity contribution < 1.29 is 0 Å². The van der Waals surface area contributed by atoms with E-state index in [-0.39, 0.29) is 34.6 Å². The summed E-state index contributed by atoms with van der Waals surface area (Å²) in [5.74, 6) is -0.379. The molecule has 8 heteroatoms. The molecule has 3 aliphatic carbocycles. The lowest BCUT2D eigenvalue weighted by Gasteiger charge is -2.40. The predicted molar refractivity (Wildman–Crippen MR) is 110 cm³/mol. The number of benzene rings is 1. The molecule has 0 fully saturated rings. The fraction of sp³-hybridized carbons (Fsp3) is 0.0833. The maximum absolute atomic E-state index is 9.48. The minimum atomic E-state index is -0.220. The second kappa shape index (κ2) is 6.16. The summed E-state index contributed by atoms with van der Waals surface area (Å²) in [6.45, 7) is 0. The first-order chi connectivity index (χ1) is 15.7. The number of fused-ring (bicyclic) bond motifs is 6. The quantitative estimate of drug-likeness (QED) is 0.551. The molecule has 0 N–H and O–H groups in total. The van der Waals surface area contributed by atoms with Crippen LogP contribution in [0.2, 0.25) is 0 Å². The Morgan fingerprint density at radius 3 is 1.91 bits per heavy atom. The van der Waals surface area contributed by atoms with Crippen LogP contribution in [0.3, 0.4) is 0 Å². The lowest BCUT2D eigenvalue weighted by molar-refractivity contribution is 0.696. The van der Waals surface area contributed by atoms with Crippen LogP contribution in [0.4, 0.5) is 0 Å². The normalized spacial score (nSPS) is 17.9. The van der Waals surface area contributed by atoms with Crippen molar-refractivity contribution in [2.45, 2.75) is 11.8 Å². The zero-order valence-corrected chi connectivity index (χ0v) is 16.2. The van der Waals surface area contributed by atoms with Gasteiger partial charge in [-0.25, -0.2) is 19.9 Å². The summed E-state index contributed by atoms with van der Waals surface area (Å²) in [5.41, 5.74) is 5.71. The van der Waals surface area contributed by atoms with E-state index in [2.05, 4.69) is 19.9 Å². The first kappa shape index (κ1) is 17.7. The highest BCUT2D eigenvalue weighted by Gasteiger charge is 2.44. The van der Waals surface area contributed by atoms with E-state index >= 15 is 0 Å². The molecule has 8 nitrogen and oxygen atoms in total. The van der Waals surface area contributed by atoms with Gasteiger partial charge in [-0.1, -0.05) is 36.4 Å². The molecule has 2 unspecified atom stereocenters. The first-order valence-electron chi connectivity index (χ1n) is 9.67. The average Bonchev–Trinajstić information content (AvgIpc) is 2.86. The highest BCUT2D eigenvalue weighted by molar-refractivity contribution is 5.95. The van der Waals surface area contributed by atoms with Crippen molar-refractivity contribution in [2.75, 3.05) is 0 Å². The van der Waals surface area contributed by atoms with Gasteiger partial charge in [-0.3, -0.25) is 0 Å². The fourth-order valence-electron chi connectivity index (χ4n) is 4.83. The summed E-state index contributed by atoms with van der Waals surface area (Å²) in [6.07, 6.45) is 5.83. The largest absolute Gasteiger partial charge is 0.236 e. The molecule has 0 radical (unpaired) electrons. The van der Waals surface area contributed by atoms with Gasteiger partial charge in [-0.05, 0) is 11.1 Å². The van der Waals surface area contributed by atoms with Crippen molar-refractivity contribution in [1.82, 2.24) is 19.9 Å². The smallest absolute Gasteiger partial charge is 0.177 e. The van der Waals surface area contributed by atoms with Gasteiger partial charge < -0.3 is 0 Å². The van der Waals surface area contributed by atoms with Crippen molar-refractivity contribution in [1.29, 1.82) is 21.0 Å². The number of rotatable bonds is 0. The van der Waals surface area contributed by atoms with E-state index in [1.807, 2.05) is 60.7 Å². The van der Waals surface area contributed by atoms with E-state index in [1.165, 1.54) is 0 Å². The number of hydrogen-bond donors (Lipinski definition) is 0. The Kier molecular flexibility index (Phi) is 3.40. The van der Waals surface area contributed by atoms with Crippen LogP contribution in [0.5, 0.6) is 0 Å². The van der Waals surface area contributed by atoms with E-state index in [1.54, 1.807) is 0 Å². The molecule has 0 saturated heterocycles. The molecule has 2 aromatic heterocycles. The number of nitriles is 4. The highest BCUT2D eigenvalue weighted by atomic mass is 14.9. The van der Waals surface area contributed by atoms with E-state index in [0.29, 0.717) is 22.8 Å². The lowest BCUT2D eigenvalue weighted by atomic mass is 9.64. The molecule has 32 heavy (non-hydrogen) atoms. The van der Waals surface area contributed by atoms with Crippen molar-refractivity contribution in [3.8, 4) is 46.8 Å². The van der Waals surface area contributed by atoms with Gasteiger partial charge in [-0.2, -0.15) is 21.0 Å². The van der Waals surface area contributed by atoms with Gasteiger partial charge in [0.2, 0.25) is 0 Å². The molecule has 2 atom stereocenters. The number of aromatic nitrogens is 4. The number of hydrogen-bond acceptors (Lipinski definition) is 8. The molecule has 3 aliphatic rings. The van der Waals surface area contributed by atoms with Crippen LogP contribution < -0.4 is 0 Å². The van der Waals surface area contributed by atoms with Crippen LogP contribution in [0.1, 0.15) is 51.6 Å². The molecule has 0 spiro atoms. The second-order valence-electron chi connectivity index (χ2n) is 7.50. The first-order valence-corrected chi connectivity index (χ1v) is 9.67. The van der Waals surface area contributed by atoms with Gasteiger partial charge >= 0.3 is 0 Å². The molecule has 0 amide bonds. The summed E-state index contributed by atoms with van der Waals surface area (Å²) in [4.78, 5) is 18.1. The third-order valence-corrected chi connectivity index (χ3v) is 6.05. The van der Waals surface area contributed by atoms with E-state index < -0.39 is 0 Å². The van der Waals surface area contributed by atoms with Crippen LogP contribution in [0.15, 0.2) is 36.4 Å². The van der Waals surface area contributed by atoms with Crippen LogP contribution >= 0.6 is 0 Å². The third kappa shape index (κ3) is 2.05. The van der Waals surface area contributed by atoms with Gasteiger partial charge in [0.25, 0.3) is 0 Å². The summed E-state index contributed by atoms with van der Waals surface area (Å²) in [5, 5.41) is 37.9. The predicted octanol–water partition coefficient (Wildman–Crippen LogP) is 3.23. The molecular weight excluding hydrogens is 400 g/mol. The Balaban J connectivity index is 1.76. The molecule has 1 aromatic carbocycles. The van der Waals surface area contributed by atoms with Crippen molar-refractivity contribution >= 4 is 5.57 Å². The fourth-order valence-corrected chi connectivity index (χ4v) is 4.83. The van der Waals surface area contributed by atoms with Crippen molar-refractivity contribution in [3.63, 3.8) is 0 Å². The Morgan fingerprint density at radius 2 is 1.25 bits per heavy atom. The molecule has 2 heterocycles. The molecule has 0 bridgehead atoms. The van der Waals surface area contributed by atoms with Crippen molar-refractivity contribution in [3.05, 3.63) is 76.2 Å². The summed E-state index contributed by atoms with van der Waals surface area (Å²) in [6, 6.07) is 13.6. The Hall–Kier alpha value is -5.18. The van der Waals surface area contributed by atoms with Gasteiger partial charge in [-0.15, -0.1) is 0 Å². The SMILES string of the molecule is N#Cc1nc2c(nc1C#N)-c1cccc3c1C1C2=CC=CC1c1nc(C#N)c(C#N)nc1-3. The summed E-state index contributed by atoms with van der Waals surface area (Å²) >= 11 is 0. The van der Waals surface area contributed by atoms with Crippen LogP contribution in [0, 0.1) is 45.3 Å². The highest BCUT2D eigenvalue weighted by Crippen LogP contribution is 2.58. The molecule has 144 valence electrons. The monoisotopic (exact) mass is 408 g/mol. The number of allylic oxidation sites excluding steroid dienone is 4. The Labute approximate surface area is 181 Å². The zero-order valence-electron chi connectivity index (χ0n) is 16.2. The van der Waals surface area contributed by atoms with Crippen LogP contribution in [-0.4, -0.2) is 19.9 Å². The van der Waals surface area contributed by atoms with Crippen LogP contribution in [-0.2, 0) is 0 Å². The Morgan fingerprint density at radius 1 is 0.688 bits per heavy atom. The van der Waals surface area contributed by atoms with E-state index in [9.17, 15) is 21.0 Å². The molecular formula is C24H8N8. The second-order valence-corrected chi connectivity index (χ2v) is 7.50. The molecule has 0 aliphatic heterocycles. The summed E-state index contributed by atoms with van der Waals surface area (Å²) in [7, 11) is 0. The van der Waals surface area contributed by atoms with E-state index in [0.717, 1.165) is 22.3 Å². The third-order valence-electron chi connectivity index (χ3n) is 6.05. The standard InChI is InChI=1S/C24H8N8/c25-7-15-17(9-27)31-23-13-5-2-6-14-20(13)19-11(21(23)29-15)3-1-4-12(19)22-24(14)32-18(10-28)16(8-26)30-22/h1-6,11,19H. The maximum atomic E-state index is 9.48. The topological polar surface area (TPSA) is 147 Å². The summed E-state index contributed by atoms with van der Waals surface area (Å²) < 4.78 is 0. The lowest BCUT2D eigenvalue weighted by Crippen LogP contribution is -2.27. The number of nitrogens with zero attached hydrogens (tertiary/aromatic N) is 8. The maximum Gasteiger partial charge on any atom is 0.177 e. The minimum absolute atomic E-state index is 0.00297. The Bertz CT molecular complexity index is 1620. The van der Waals surface area contributed by atoms with Gasteiger partial charge in [0, 0.05) is 23.0 Å². The van der Waals surface area contributed by atoms with E-state index in [4.69, 9.17) is 0 Å².